The predicted molar refractivity (Wildman–Crippen MR) is 65.3 cm³/mol. The van der Waals surface area contributed by atoms with Gasteiger partial charge in [0, 0.05) is 12.4 Å². The van der Waals surface area contributed by atoms with E-state index in [2.05, 4.69) is 20.8 Å². The molecule has 1 heterocycles. The summed E-state index contributed by atoms with van der Waals surface area (Å²) in [4.78, 5) is 19.5. The summed E-state index contributed by atoms with van der Waals surface area (Å²) in [6.07, 6.45) is -0.0423. The van der Waals surface area contributed by atoms with Crippen molar-refractivity contribution in [1.82, 2.24) is 15.4 Å². The molecule has 8 heteroatoms. The van der Waals surface area contributed by atoms with Crippen molar-refractivity contribution in [3.05, 3.63) is 18.5 Å². The second kappa shape index (κ2) is 6.06. The van der Waals surface area contributed by atoms with Gasteiger partial charge in [0.15, 0.2) is 0 Å². The van der Waals surface area contributed by atoms with Crippen molar-refractivity contribution in [2.45, 2.75) is 31.9 Å². The van der Waals surface area contributed by atoms with Crippen LogP contribution in [-0.2, 0) is 4.79 Å². The Morgan fingerprint density at radius 2 is 1.85 bits per heavy atom. The predicted octanol–water partition coefficient (Wildman–Crippen LogP) is 2.29. The van der Waals surface area contributed by atoms with Gasteiger partial charge in [0.1, 0.15) is 0 Å². The van der Waals surface area contributed by atoms with Crippen LogP contribution in [0, 0.1) is 11.8 Å². The molecule has 20 heavy (non-hydrogen) atoms. The first kappa shape index (κ1) is 14.5. The highest BCUT2D eigenvalue weighted by Crippen LogP contribution is 2.41. The quantitative estimate of drug-likeness (QED) is 0.837. The Morgan fingerprint density at radius 1 is 1.20 bits per heavy atom. The number of anilines is 1. The Bertz CT molecular complexity index is 452. The van der Waals surface area contributed by atoms with Crippen LogP contribution in [0.2, 0.25) is 0 Å². The third-order valence-electron chi connectivity index (χ3n) is 3.39. The zero-order chi connectivity index (χ0) is 14.6. The van der Waals surface area contributed by atoms with E-state index in [1.165, 1.54) is 12.4 Å². The fraction of sp³-hybridized carbons (Fsp3) is 0.583. The molecule has 0 spiro atoms. The number of hydrogen-bond acceptors (Lipinski definition) is 4. The molecule has 1 amide bonds. The molecular formula is C12H15F3N4O. The molecule has 0 saturated heterocycles. The molecule has 1 aromatic rings. The molecule has 0 bridgehead atoms. The molecule has 2 rings (SSSR count). The van der Waals surface area contributed by atoms with E-state index in [0.717, 1.165) is 0 Å². The number of carbonyl (C=O) groups is 1. The molecule has 1 aliphatic rings. The van der Waals surface area contributed by atoms with Crippen LogP contribution in [0.5, 0.6) is 0 Å². The van der Waals surface area contributed by atoms with Gasteiger partial charge in [0.05, 0.1) is 11.8 Å². The molecule has 1 aliphatic carbocycles. The van der Waals surface area contributed by atoms with Crippen molar-refractivity contribution in [2.24, 2.45) is 11.8 Å². The smallest absolute Gasteiger partial charge is 0.273 e. The third kappa shape index (κ3) is 3.58. The summed E-state index contributed by atoms with van der Waals surface area (Å²) in [5, 5.41) is 0. The monoisotopic (exact) mass is 288 g/mol. The SMILES string of the molecule is O=C(NNc1ncccn1)[C@H]1CCCC[C@@H]1C(F)(F)F. The maximum absolute atomic E-state index is 12.9. The van der Waals surface area contributed by atoms with E-state index in [1.807, 2.05) is 0 Å². The number of hydrazine groups is 1. The van der Waals surface area contributed by atoms with Gasteiger partial charge < -0.3 is 0 Å². The second-order valence-corrected chi connectivity index (χ2v) is 4.73. The Morgan fingerprint density at radius 3 is 2.50 bits per heavy atom. The topological polar surface area (TPSA) is 66.9 Å². The molecule has 2 N–H and O–H groups in total. The van der Waals surface area contributed by atoms with Crippen molar-refractivity contribution in [2.75, 3.05) is 5.43 Å². The zero-order valence-electron chi connectivity index (χ0n) is 10.7. The van der Waals surface area contributed by atoms with E-state index in [-0.39, 0.29) is 18.8 Å². The first-order valence-electron chi connectivity index (χ1n) is 6.38. The lowest BCUT2D eigenvalue weighted by Crippen LogP contribution is -2.44. The van der Waals surface area contributed by atoms with E-state index in [9.17, 15) is 18.0 Å². The van der Waals surface area contributed by atoms with E-state index >= 15 is 0 Å². The fourth-order valence-corrected chi connectivity index (χ4v) is 2.41. The summed E-state index contributed by atoms with van der Waals surface area (Å²) in [6.45, 7) is 0. The number of amides is 1. The Balaban J connectivity index is 1.96. The van der Waals surface area contributed by atoms with E-state index in [4.69, 9.17) is 0 Å². The van der Waals surface area contributed by atoms with E-state index in [1.54, 1.807) is 6.07 Å². The van der Waals surface area contributed by atoms with Crippen LogP contribution in [0.3, 0.4) is 0 Å². The van der Waals surface area contributed by atoms with Gasteiger partial charge in [0.25, 0.3) is 0 Å². The van der Waals surface area contributed by atoms with Crippen LogP contribution in [-0.4, -0.2) is 22.1 Å². The molecule has 1 fully saturated rings. The molecule has 0 radical (unpaired) electrons. The lowest BCUT2D eigenvalue weighted by Gasteiger charge is -2.31. The molecule has 1 aromatic heterocycles. The van der Waals surface area contributed by atoms with Gasteiger partial charge >= 0.3 is 6.18 Å². The molecule has 1 saturated carbocycles. The second-order valence-electron chi connectivity index (χ2n) is 4.73. The Kier molecular flexibility index (Phi) is 4.41. The maximum atomic E-state index is 12.9. The first-order chi connectivity index (χ1) is 9.48. The lowest BCUT2D eigenvalue weighted by atomic mass is 9.78. The number of aromatic nitrogens is 2. The average molecular weight is 288 g/mol. The molecule has 0 unspecified atom stereocenters. The van der Waals surface area contributed by atoms with Gasteiger partial charge in [-0.2, -0.15) is 13.2 Å². The number of halogens is 3. The lowest BCUT2D eigenvalue weighted by molar-refractivity contribution is -0.198. The minimum absolute atomic E-state index is 0.00340. The zero-order valence-corrected chi connectivity index (χ0v) is 10.7. The number of nitrogens with one attached hydrogen (secondary N) is 2. The summed E-state index contributed by atoms with van der Waals surface area (Å²) in [5.74, 6) is -3.16. The standard InChI is InChI=1S/C12H15F3N4O/c13-12(14,15)9-5-2-1-4-8(9)10(20)18-19-11-16-6-3-7-17-11/h3,6-9H,1-2,4-5H2,(H,18,20)(H,16,17,19)/t8-,9-/m0/s1. The number of alkyl halides is 3. The molecule has 5 nitrogen and oxygen atoms in total. The highest BCUT2D eigenvalue weighted by Gasteiger charge is 2.48. The normalized spacial score (nSPS) is 23.1. The third-order valence-corrected chi connectivity index (χ3v) is 3.39. The molecule has 2 atom stereocenters. The van der Waals surface area contributed by atoms with Crippen molar-refractivity contribution in [3.63, 3.8) is 0 Å². The van der Waals surface area contributed by atoms with Crippen molar-refractivity contribution in [1.29, 1.82) is 0 Å². The number of carbonyl (C=O) groups excluding carboxylic acids is 1. The Hall–Kier alpha value is -1.86. The summed E-state index contributed by atoms with van der Waals surface area (Å²) in [6, 6.07) is 1.59. The first-order valence-corrected chi connectivity index (χ1v) is 6.38. The van der Waals surface area contributed by atoms with Gasteiger partial charge in [0.2, 0.25) is 11.9 Å². The summed E-state index contributed by atoms with van der Waals surface area (Å²) in [7, 11) is 0. The summed E-state index contributed by atoms with van der Waals surface area (Å²) >= 11 is 0. The van der Waals surface area contributed by atoms with E-state index in [0.29, 0.717) is 12.8 Å². The molecule has 110 valence electrons. The van der Waals surface area contributed by atoms with E-state index < -0.39 is 23.9 Å². The number of rotatable bonds is 3. The summed E-state index contributed by atoms with van der Waals surface area (Å²) in [5.41, 5.74) is 4.68. The van der Waals surface area contributed by atoms with Gasteiger partial charge in [-0.1, -0.05) is 12.8 Å². The van der Waals surface area contributed by atoms with Crippen LogP contribution < -0.4 is 10.9 Å². The van der Waals surface area contributed by atoms with Crippen LogP contribution >= 0.6 is 0 Å². The number of hydrogen-bond donors (Lipinski definition) is 2. The highest BCUT2D eigenvalue weighted by atomic mass is 19.4. The molecular weight excluding hydrogens is 273 g/mol. The van der Waals surface area contributed by atoms with Crippen molar-refractivity contribution in [3.8, 4) is 0 Å². The largest absolute Gasteiger partial charge is 0.392 e. The fourth-order valence-electron chi connectivity index (χ4n) is 2.41. The van der Waals surface area contributed by atoms with Gasteiger partial charge in [-0.3, -0.25) is 15.6 Å². The van der Waals surface area contributed by atoms with Crippen LogP contribution in [0.1, 0.15) is 25.7 Å². The van der Waals surface area contributed by atoms with Crippen LogP contribution in [0.4, 0.5) is 19.1 Å². The van der Waals surface area contributed by atoms with Gasteiger partial charge in [-0.25, -0.2) is 9.97 Å². The average Bonchev–Trinajstić information content (AvgIpc) is 2.45. The number of nitrogens with zero attached hydrogens (tertiary/aromatic N) is 2. The van der Waals surface area contributed by atoms with Crippen LogP contribution in [0.15, 0.2) is 18.5 Å². The maximum Gasteiger partial charge on any atom is 0.392 e. The summed E-state index contributed by atoms with van der Waals surface area (Å²) < 4.78 is 38.7. The Labute approximate surface area is 114 Å². The van der Waals surface area contributed by atoms with Gasteiger partial charge in [-0.15, -0.1) is 0 Å². The van der Waals surface area contributed by atoms with Crippen molar-refractivity contribution < 1.29 is 18.0 Å². The van der Waals surface area contributed by atoms with Gasteiger partial charge in [-0.05, 0) is 18.9 Å². The molecule has 0 aromatic carbocycles. The highest BCUT2D eigenvalue weighted by molar-refractivity contribution is 5.80. The van der Waals surface area contributed by atoms with Crippen molar-refractivity contribution >= 4 is 11.9 Å². The molecule has 0 aliphatic heterocycles. The minimum Gasteiger partial charge on any atom is -0.273 e. The van der Waals surface area contributed by atoms with Crippen LogP contribution in [0.25, 0.3) is 0 Å². The minimum atomic E-state index is -4.34.